The predicted octanol–water partition coefficient (Wildman–Crippen LogP) is 3.54. The van der Waals surface area contributed by atoms with Gasteiger partial charge in [-0.05, 0) is 30.7 Å². The fraction of sp³-hybridized carbons (Fsp3) is 0.643. The monoisotopic (exact) mass is 268 g/mol. The number of hydrogen-bond acceptors (Lipinski definition) is 3. The number of aromatic nitrogens is 1. The molecule has 2 unspecified atom stereocenters. The number of rotatable bonds is 4. The Morgan fingerprint density at radius 1 is 1.50 bits per heavy atom. The van der Waals surface area contributed by atoms with E-state index in [0.29, 0.717) is 23.6 Å². The topological polar surface area (TPSA) is 48.1 Å². The molecule has 2 N–H and O–H groups in total. The van der Waals surface area contributed by atoms with Crippen LogP contribution in [0.25, 0.3) is 0 Å². The number of nitrogens with zero attached hydrogens (tertiary/aromatic N) is 1. The maximum Gasteiger partial charge on any atom is 0.213 e. The third-order valence-corrected chi connectivity index (χ3v) is 4.07. The van der Waals surface area contributed by atoms with Crippen LogP contribution in [0.3, 0.4) is 0 Å². The van der Waals surface area contributed by atoms with Crippen LogP contribution in [0.2, 0.25) is 5.02 Å². The second kappa shape index (κ2) is 6.39. The molecule has 100 valence electrons. The summed E-state index contributed by atoms with van der Waals surface area (Å²) < 4.78 is 5.96. The number of hydrogen-bond donors (Lipinski definition) is 1. The second-order valence-corrected chi connectivity index (χ2v) is 5.41. The van der Waals surface area contributed by atoms with Gasteiger partial charge in [-0.1, -0.05) is 31.4 Å². The first-order valence-corrected chi connectivity index (χ1v) is 7.11. The lowest BCUT2D eigenvalue weighted by molar-refractivity contribution is 0.117. The molecule has 4 heteroatoms. The Labute approximate surface area is 114 Å². The average molecular weight is 269 g/mol. The standard InChI is InChI=1S/C14H21ClN2O/c1-2-10-4-3-5-12(6-10)18-14-7-11(8-16)13(15)9-17-14/h7,9-10,12H,2-6,8,16H2,1H3. The lowest BCUT2D eigenvalue weighted by Crippen LogP contribution is -2.25. The minimum absolute atomic E-state index is 0.294. The van der Waals surface area contributed by atoms with Crippen LogP contribution in [-0.2, 0) is 6.54 Å². The molecule has 3 nitrogen and oxygen atoms in total. The maximum absolute atomic E-state index is 5.99. The fourth-order valence-electron chi connectivity index (χ4n) is 2.57. The van der Waals surface area contributed by atoms with Crippen molar-refractivity contribution in [2.45, 2.75) is 51.7 Å². The van der Waals surface area contributed by atoms with Crippen LogP contribution in [0, 0.1) is 5.92 Å². The SMILES string of the molecule is CCC1CCCC(Oc2cc(CN)c(Cl)cn2)C1. The van der Waals surface area contributed by atoms with Crippen LogP contribution < -0.4 is 10.5 Å². The summed E-state index contributed by atoms with van der Waals surface area (Å²) in [6, 6.07) is 1.86. The highest BCUT2D eigenvalue weighted by atomic mass is 35.5. The highest BCUT2D eigenvalue weighted by molar-refractivity contribution is 6.31. The van der Waals surface area contributed by atoms with Gasteiger partial charge in [0.25, 0.3) is 0 Å². The Kier molecular flexibility index (Phi) is 4.84. The zero-order chi connectivity index (χ0) is 13.0. The van der Waals surface area contributed by atoms with Crippen molar-refractivity contribution < 1.29 is 4.74 Å². The summed E-state index contributed by atoms with van der Waals surface area (Å²) in [4.78, 5) is 4.22. The molecule has 0 radical (unpaired) electrons. The first kappa shape index (κ1) is 13.6. The summed E-state index contributed by atoms with van der Waals surface area (Å²) >= 11 is 5.99. The molecule has 0 saturated heterocycles. The number of pyridine rings is 1. The van der Waals surface area contributed by atoms with Crippen LogP contribution in [0.4, 0.5) is 0 Å². The molecule has 0 spiro atoms. The minimum atomic E-state index is 0.294. The first-order chi connectivity index (χ1) is 8.72. The number of halogens is 1. The first-order valence-electron chi connectivity index (χ1n) is 6.74. The quantitative estimate of drug-likeness (QED) is 0.909. The molecule has 1 aliphatic carbocycles. The van der Waals surface area contributed by atoms with Gasteiger partial charge in [0.1, 0.15) is 6.10 Å². The van der Waals surface area contributed by atoms with Crippen molar-refractivity contribution in [1.82, 2.24) is 4.98 Å². The third-order valence-electron chi connectivity index (χ3n) is 3.73. The third kappa shape index (κ3) is 3.36. The molecule has 0 aromatic carbocycles. The summed E-state index contributed by atoms with van der Waals surface area (Å²) in [7, 11) is 0. The van der Waals surface area contributed by atoms with Gasteiger partial charge in [0.05, 0.1) is 5.02 Å². The lowest BCUT2D eigenvalue weighted by atomic mass is 9.85. The smallest absolute Gasteiger partial charge is 0.213 e. The summed E-state index contributed by atoms with van der Waals surface area (Å²) in [6.07, 6.45) is 8.00. The Morgan fingerprint density at radius 2 is 2.33 bits per heavy atom. The zero-order valence-electron chi connectivity index (χ0n) is 10.9. The molecule has 0 amide bonds. The fourth-order valence-corrected chi connectivity index (χ4v) is 2.75. The maximum atomic E-state index is 5.99. The van der Waals surface area contributed by atoms with E-state index >= 15 is 0 Å². The molecule has 1 fully saturated rings. The van der Waals surface area contributed by atoms with Crippen LogP contribution in [0.5, 0.6) is 5.88 Å². The van der Waals surface area contributed by atoms with E-state index < -0.39 is 0 Å². The van der Waals surface area contributed by atoms with Crippen LogP contribution in [0.15, 0.2) is 12.3 Å². The molecule has 2 atom stereocenters. The molecule has 1 aromatic rings. The van der Waals surface area contributed by atoms with E-state index in [1.54, 1.807) is 6.20 Å². The van der Waals surface area contributed by atoms with Gasteiger partial charge in [0.15, 0.2) is 0 Å². The minimum Gasteiger partial charge on any atom is -0.474 e. The molecule has 1 aliphatic rings. The molecular formula is C14H21ClN2O. The van der Waals surface area contributed by atoms with Gasteiger partial charge in [0, 0.05) is 18.8 Å². The van der Waals surface area contributed by atoms with Gasteiger partial charge in [-0.15, -0.1) is 0 Å². The number of ether oxygens (including phenoxy) is 1. The van der Waals surface area contributed by atoms with E-state index in [4.69, 9.17) is 22.1 Å². The van der Waals surface area contributed by atoms with Crippen LogP contribution in [-0.4, -0.2) is 11.1 Å². The van der Waals surface area contributed by atoms with Gasteiger partial charge in [-0.25, -0.2) is 4.98 Å². The van der Waals surface area contributed by atoms with E-state index in [0.717, 1.165) is 24.3 Å². The van der Waals surface area contributed by atoms with E-state index in [2.05, 4.69) is 11.9 Å². The molecule has 1 aromatic heterocycles. The zero-order valence-corrected chi connectivity index (χ0v) is 11.6. The molecule has 0 bridgehead atoms. The van der Waals surface area contributed by atoms with Crippen molar-refractivity contribution >= 4 is 11.6 Å². The van der Waals surface area contributed by atoms with E-state index in [-0.39, 0.29) is 0 Å². The second-order valence-electron chi connectivity index (χ2n) is 5.00. The Morgan fingerprint density at radius 3 is 3.06 bits per heavy atom. The molecule has 0 aliphatic heterocycles. The summed E-state index contributed by atoms with van der Waals surface area (Å²) in [6.45, 7) is 2.67. The summed E-state index contributed by atoms with van der Waals surface area (Å²) in [5.74, 6) is 1.45. The average Bonchev–Trinajstić information content (AvgIpc) is 2.41. The molecule has 2 rings (SSSR count). The molecule has 1 heterocycles. The van der Waals surface area contributed by atoms with Crippen molar-refractivity contribution in [2.24, 2.45) is 11.7 Å². The van der Waals surface area contributed by atoms with Gasteiger partial charge < -0.3 is 10.5 Å². The highest BCUT2D eigenvalue weighted by Gasteiger charge is 2.22. The lowest BCUT2D eigenvalue weighted by Gasteiger charge is -2.28. The van der Waals surface area contributed by atoms with Gasteiger partial charge >= 0.3 is 0 Å². The Hall–Kier alpha value is -0.800. The molecule has 18 heavy (non-hydrogen) atoms. The van der Waals surface area contributed by atoms with Crippen molar-refractivity contribution in [2.75, 3.05) is 0 Å². The van der Waals surface area contributed by atoms with Gasteiger partial charge in [0.2, 0.25) is 5.88 Å². The van der Waals surface area contributed by atoms with E-state index in [9.17, 15) is 0 Å². The van der Waals surface area contributed by atoms with Crippen LogP contribution >= 0.6 is 11.6 Å². The van der Waals surface area contributed by atoms with Crippen molar-refractivity contribution in [3.8, 4) is 5.88 Å². The van der Waals surface area contributed by atoms with E-state index in [1.165, 1.54) is 19.3 Å². The van der Waals surface area contributed by atoms with Crippen LogP contribution in [0.1, 0.15) is 44.6 Å². The normalized spacial score (nSPS) is 23.9. The van der Waals surface area contributed by atoms with Crippen molar-refractivity contribution in [1.29, 1.82) is 0 Å². The highest BCUT2D eigenvalue weighted by Crippen LogP contribution is 2.29. The largest absolute Gasteiger partial charge is 0.474 e. The predicted molar refractivity (Wildman–Crippen MR) is 73.8 cm³/mol. The van der Waals surface area contributed by atoms with E-state index in [1.807, 2.05) is 6.07 Å². The number of nitrogens with two attached hydrogens (primary N) is 1. The molecule has 1 saturated carbocycles. The Bertz CT molecular complexity index is 397. The van der Waals surface area contributed by atoms with Gasteiger partial charge in [-0.3, -0.25) is 0 Å². The summed E-state index contributed by atoms with van der Waals surface area (Å²) in [5, 5.41) is 0.611. The van der Waals surface area contributed by atoms with Crippen molar-refractivity contribution in [3.05, 3.63) is 22.8 Å². The van der Waals surface area contributed by atoms with Crippen molar-refractivity contribution in [3.63, 3.8) is 0 Å². The van der Waals surface area contributed by atoms with Gasteiger partial charge in [-0.2, -0.15) is 0 Å². The summed E-state index contributed by atoms with van der Waals surface area (Å²) in [5.41, 5.74) is 6.52. The molecular weight excluding hydrogens is 248 g/mol. The Balaban J connectivity index is 2.00.